The molecular formula is C28H33N7O3. The molecule has 2 N–H and O–H groups in total. The van der Waals surface area contributed by atoms with Crippen LogP contribution in [0.4, 0.5) is 5.82 Å². The molecular weight excluding hydrogens is 482 g/mol. The van der Waals surface area contributed by atoms with Crippen molar-refractivity contribution in [3.8, 4) is 5.75 Å². The summed E-state index contributed by atoms with van der Waals surface area (Å²) in [6.45, 7) is 6.08. The Hall–Kier alpha value is -3.79. The van der Waals surface area contributed by atoms with Crippen LogP contribution in [0.3, 0.4) is 0 Å². The van der Waals surface area contributed by atoms with Crippen LogP contribution in [0.25, 0.3) is 22.1 Å². The molecule has 1 saturated carbocycles. The van der Waals surface area contributed by atoms with Crippen LogP contribution < -0.4 is 15.0 Å². The molecule has 198 valence electrons. The van der Waals surface area contributed by atoms with Crippen molar-refractivity contribution in [1.29, 1.82) is 0 Å². The zero-order valence-corrected chi connectivity index (χ0v) is 21.8. The summed E-state index contributed by atoms with van der Waals surface area (Å²) in [5.41, 5.74) is 2.59. The van der Waals surface area contributed by atoms with Crippen molar-refractivity contribution in [1.82, 2.24) is 30.2 Å². The van der Waals surface area contributed by atoms with Crippen LogP contribution in [-0.4, -0.2) is 68.8 Å². The molecule has 38 heavy (non-hydrogen) atoms. The monoisotopic (exact) mass is 515 g/mol. The van der Waals surface area contributed by atoms with E-state index in [-0.39, 0.29) is 18.1 Å². The van der Waals surface area contributed by atoms with Crippen molar-refractivity contribution in [3.63, 3.8) is 0 Å². The highest BCUT2D eigenvalue weighted by molar-refractivity contribution is 5.97. The zero-order valence-electron chi connectivity index (χ0n) is 21.8. The van der Waals surface area contributed by atoms with E-state index in [0.29, 0.717) is 42.3 Å². The third-order valence-corrected chi connectivity index (χ3v) is 7.40. The van der Waals surface area contributed by atoms with Crippen LogP contribution in [0, 0.1) is 5.92 Å². The largest absolute Gasteiger partial charge is 0.491 e. The van der Waals surface area contributed by atoms with Crippen LogP contribution in [0.15, 0.2) is 43.0 Å². The highest BCUT2D eigenvalue weighted by Gasteiger charge is 2.31. The maximum Gasteiger partial charge on any atom is 0.270 e. The number of fused-ring (bicyclic) bond motifs is 2. The lowest BCUT2D eigenvalue weighted by molar-refractivity contribution is -0.0608. The van der Waals surface area contributed by atoms with Crippen LogP contribution in [-0.2, 0) is 4.74 Å². The summed E-state index contributed by atoms with van der Waals surface area (Å²) in [7, 11) is 0. The second-order valence-corrected chi connectivity index (χ2v) is 10.5. The van der Waals surface area contributed by atoms with Crippen LogP contribution in [0.5, 0.6) is 5.75 Å². The fourth-order valence-electron chi connectivity index (χ4n) is 5.49. The maximum absolute atomic E-state index is 13.0. The Balaban J connectivity index is 1.15. The summed E-state index contributed by atoms with van der Waals surface area (Å²) >= 11 is 0. The van der Waals surface area contributed by atoms with E-state index in [9.17, 15) is 4.79 Å². The fraction of sp³-hybridized carbons (Fsp3) is 0.464. The summed E-state index contributed by atoms with van der Waals surface area (Å²) in [5, 5.41) is 3.95. The Morgan fingerprint density at radius 3 is 2.95 bits per heavy atom. The van der Waals surface area contributed by atoms with Crippen molar-refractivity contribution in [2.24, 2.45) is 5.92 Å². The van der Waals surface area contributed by atoms with Crippen molar-refractivity contribution in [2.45, 2.75) is 57.8 Å². The molecule has 6 rings (SSSR count). The molecule has 4 heterocycles. The number of hydrogen-bond donors (Lipinski definition) is 2. The third-order valence-electron chi connectivity index (χ3n) is 7.40. The van der Waals surface area contributed by atoms with Gasteiger partial charge in [-0.15, -0.1) is 0 Å². The SMILES string of the molecule is CC(C)OC1CC(CNC(=O)c2cc(OC[C@H]3CCCN3c3ncnc4nc[nH]c34)c3ccccc3n2)C1. The smallest absolute Gasteiger partial charge is 0.270 e. The van der Waals surface area contributed by atoms with E-state index >= 15 is 0 Å². The van der Waals surface area contributed by atoms with Crippen LogP contribution >= 0.6 is 0 Å². The average Bonchev–Trinajstić information content (AvgIpc) is 3.57. The van der Waals surface area contributed by atoms with Gasteiger partial charge in [-0.1, -0.05) is 12.1 Å². The molecule has 1 amide bonds. The van der Waals surface area contributed by atoms with E-state index in [0.717, 1.165) is 54.5 Å². The lowest BCUT2D eigenvalue weighted by Gasteiger charge is -2.36. The number of pyridine rings is 1. The topological polar surface area (TPSA) is 118 Å². The van der Waals surface area contributed by atoms with E-state index in [1.807, 2.05) is 24.3 Å². The van der Waals surface area contributed by atoms with E-state index in [1.165, 1.54) is 0 Å². The predicted octanol–water partition coefficient (Wildman–Crippen LogP) is 3.88. The highest BCUT2D eigenvalue weighted by atomic mass is 16.5. The molecule has 4 aromatic rings. The number of rotatable bonds is 9. The molecule has 2 aliphatic rings. The Morgan fingerprint density at radius 2 is 2.08 bits per heavy atom. The number of para-hydroxylation sites is 1. The van der Waals surface area contributed by atoms with Gasteiger partial charge < -0.3 is 24.7 Å². The lowest BCUT2D eigenvalue weighted by atomic mass is 9.82. The number of anilines is 1. The number of nitrogens with zero attached hydrogens (tertiary/aromatic N) is 5. The van der Waals surface area contributed by atoms with Crippen molar-refractivity contribution < 1.29 is 14.3 Å². The van der Waals surface area contributed by atoms with Gasteiger partial charge in [0, 0.05) is 24.5 Å². The number of imidazole rings is 1. The summed E-state index contributed by atoms with van der Waals surface area (Å²) in [4.78, 5) is 36.1. The van der Waals surface area contributed by atoms with Crippen molar-refractivity contribution in [3.05, 3.63) is 48.7 Å². The van der Waals surface area contributed by atoms with Gasteiger partial charge in [0.05, 0.1) is 30.1 Å². The molecule has 1 aliphatic heterocycles. The molecule has 1 atom stereocenters. The number of hydrogen-bond acceptors (Lipinski definition) is 8. The maximum atomic E-state index is 13.0. The second-order valence-electron chi connectivity index (χ2n) is 10.5. The quantitative estimate of drug-likeness (QED) is 0.345. The molecule has 1 saturated heterocycles. The molecule has 10 heteroatoms. The van der Waals surface area contributed by atoms with Gasteiger partial charge in [0.15, 0.2) is 11.5 Å². The van der Waals surface area contributed by atoms with Crippen molar-refractivity contribution >= 4 is 33.8 Å². The molecule has 1 aliphatic carbocycles. The Labute approximate surface area is 221 Å². The zero-order chi connectivity index (χ0) is 26.1. The molecule has 0 bridgehead atoms. The first kappa shape index (κ1) is 24.5. The minimum atomic E-state index is -0.182. The average molecular weight is 516 g/mol. The van der Waals surface area contributed by atoms with Gasteiger partial charge in [0.25, 0.3) is 5.91 Å². The first-order valence-electron chi connectivity index (χ1n) is 13.4. The van der Waals surface area contributed by atoms with Gasteiger partial charge in [0.1, 0.15) is 29.9 Å². The Bertz CT molecular complexity index is 1430. The van der Waals surface area contributed by atoms with E-state index in [4.69, 9.17) is 9.47 Å². The number of carbonyl (C=O) groups is 1. The molecule has 3 aromatic heterocycles. The molecule has 0 spiro atoms. The van der Waals surface area contributed by atoms with Gasteiger partial charge in [-0.25, -0.2) is 19.9 Å². The molecule has 2 fully saturated rings. The number of aromatic nitrogens is 5. The van der Waals surface area contributed by atoms with Crippen molar-refractivity contribution in [2.75, 3.05) is 24.6 Å². The minimum absolute atomic E-state index is 0.139. The van der Waals surface area contributed by atoms with Crippen LogP contribution in [0.1, 0.15) is 50.0 Å². The van der Waals surface area contributed by atoms with E-state index < -0.39 is 0 Å². The summed E-state index contributed by atoms with van der Waals surface area (Å²) in [6, 6.07) is 9.68. The predicted molar refractivity (Wildman–Crippen MR) is 144 cm³/mol. The van der Waals surface area contributed by atoms with Gasteiger partial charge >= 0.3 is 0 Å². The first-order valence-corrected chi connectivity index (χ1v) is 13.4. The number of amides is 1. The number of aromatic amines is 1. The minimum Gasteiger partial charge on any atom is -0.491 e. The number of ether oxygens (including phenoxy) is 2. The number of benzene rings is 1. The highest BCUT2D eigenvalue weighted by Crippen LogP contribution is 2.32. The number of carbonyl (C=O) groups excluding carboxylic acids is 1. The number of H-pyrrole nitrogens is 1. The summed E-state index contributed by atoms with van der Waals surface area (Å²) < 4.78 is 12.2. The molecule has 0 radical (unpaired) electrons. The van der Waals surface area contributed by atoms with Gasteiger partial charge in [-0.05, 0) is 57.6 Å². The lowest BCUT2D eigenvalue weighted by Crippen LogP contribution is -2.40. The van der Waals surface area contributed by atoms with Gasteiger partial charge in [-0.3, -0.25) is 4.79 Å². The molecule has 1 aromatic carbocycles. The normalized spacial score (nSPS) is 21.2. The van der Waals surface area contributed by atoms with E-state index in [1.54, 1.807) is 18.7 Å². The summed E-state index contributed by atoms with van der Waals surface area (Å²) in [5.74, 6) is 1.76. The van der Waals surface area contributed by atoms with Gasteiger partial charge in [0.2, 0.25) is 0 Å². The first-order chi connectivity index (χ1) is 18.5. The summed E-state index contributed by atoms with van der Waals surface area (Å²) in [6.07, 6.45) is 7.72. The molecule has 10 nitrogen and oxygen atoms in total. The van der Waals surface area contributed by atoms with E-state index in [2.05, 4.69) is 49.0 Å². The van der Waals surface area contributed by atoms with Gasteiger partial charge in [-0.2, -0.15) is 0 Å². The Kier molecular flexibility index (Phi) is 6.80. The standard InChI is InChI=1S/C28H33N7O3/c1-17(2)38-20-10-18(11-20)13-29-28(36)23-12-24(21-7-3-4-8-22(21)34-23)37-14-19-6-5-9-35(19)27-25-26(31-15-30-25)32-16-33-27/h3-4,7-8,12,15-20H,5-6,9-11,13-14H2,1-2H3,(H,29,36)(H,30,31,32,33)/t18?,19-,20?/m1/s1. The third kappa shape index (κ3) is 5.00. The fourth-order valence-corrected chi connectivity index (χ4v) is 5.49. The second kappa shape index (κ2) is 10.5. The van der Waals surface area contributed by atoms with Crippen LogP contribution in [0.2, 0.25) is 0 Å². The number of nitrogens with one attached hydrogen (secondary N) is 2. The molecule has 0 unspecified atom stereocenters. The Morgan fingerprint density at radius 1 is 1.21 bits per heavy atom.